The Morgan fingerprint density at radius 2 is 2.14 bits per heavy atom. The van der Waals surface area contributed by atoms with E-state index in [1.807, 2.05) is 0 Å². The number of aliphatic hydroxyl groups is 1. The van der Waals surface area contributed by atoms with E-state index in [1.54, 1.807) is 6.92 Å². The molecule has 0 rings (SSSR count). The Labute approximate surface area is 83.2 Å². The van der Waals surface area contributed by atoms with Gasteiger partial charge in [0.15, 0.2) is 0 Å². The summed E-state index contributed by atoms with van der Waals surface area (Å²) in [7, 11) is 0. The molecule has 0 aliphatic carbocycles. The fourth-order valence-corrected chi connectivity index (χ4v) is 0.911. The third-order valence-corrected chi connectivity index (χ3v) is 1.87. The first-order valence-electron chi connectivity index (χ1n) is 4.50. The molecule has 0 fully saturated rings. The standard InChI is InChI=1S/C9H17NO4/c1-3-10(14)6-8(11)5-4-7(2)9(12)13/h8,11,14H,2-6H2,1H3,(H,12,13). The molecule has 0 radical (unpaired) electrons. The van der Waals surface area contributed by atoms with Gasteiger partial charge in [0.05, 0.1) is 6.10 Å². The van der Waals surface area contributed by atoms with E-state index in [2.05, 4.69) is 6.58 Å². The van der Waals surface area contributed by atoms with Gasteiger partial charge in [0, 0.05) is 18.7 Å². The van der Waals surface area contributed by atoms with Gasteiger partial charge < -0.3 is 15.4 Å². The van der Waals surface area contributed by atoms with Crippen LogP contribution in [0.15, 0.2) is 12.2 Å². The third kappa shape index (κ3) is 5.69. The number of aliphatic carboxylic acids is 1. The Morgan fingerprint density at radius 3 is 2.57 bits per heavy atom. The molecule has 0 aliphatic heterocycles. The smallest absolute Gasteiger partial charge is 0.330 e. The van der Waals surface area contributed by atoms with E-state index >= 15 is 0 Å². The van der Waals surface area contributed by atoms with Gasteiger partial charge >= 0.3 is 5.97 Å². The predicted octanol–water partition coefficient (Wildman–Crippen LogP) is 0.479. The van der Waals surface area contributed by atoms with Gasteiger partial charge in [0.2, 0.25) is 0 Å². The van der Waals surface area contributed by atoms with E-state index in [4.69, 9.17) is 10.3 Å². The minimum atomic E-state index is -1.05. The Hall–Kier alpha value is -0.910. The number of hydroxylamine groups is 2. The van der Waals surface area contributed by atoms with Crippen molar-refractivity contribution in [1.82, 2.24) is 5.06 Å². The van der Waals surface area contributed by atoms with Gasteiger partial charge in [-0.05, 0) is 12.8 Å². The highest BCUT2D eigenvalue weighted by atomic mass is 16.5. The zero-order valence-corrected chi connectivity index (χ0v) is 8.31. The summed E-state index contributed by atoms with van der Waals surface area (Å²) in [5.41, 5.74) is 0.0741. The van der Waals surface area contributed by atoms with Gasteiger partial charge in [0.1, 0.15) is 0 Å². The number of aliphatic hydroxyl groups excluding tert-OH is 1. The molecule has 1 unspecified atom stereocenters. The summed E-state index contributed by atoms with van der Waals surface area (Å²) < 4.78 is 0. The second-order valence-electron chi connectivity index (χ2n) is 3.11. The highest BCUT2D eigenvalue weighted by Gasteiger charge is 2.11. The molecule has 0 saturated carbocycles. The molecule has 0 spiro atoms. The lowest BCUT2D eigenvalue weighted by molar-refractivity contribution is -0.132. The Bertz CT molecular complexity index is 205. The van der Waals surface area contributed by atoms with Crippen molar-refractivity contribution in [3.8, 4) is 0 Å². The lowest BCUT2D eigenvalue weighted by Crippen LogP contribution is -2.29. The van der Waals surface area contributed by atoms with Crippen LogP contribution in [-0.2, 0) is 4.79 Å². The first-order chi connectivity index (χ1) is 6.47. The fraction of sp³-hybridized carbons (Fsp3) is 0.667. The van der Waals surface area contributed by atoms with Crippen molar-refractivity contribution in [3.05, 3.63) is 12.2 Å². The molecule has 0 bridgehead atoms. The van der Waals surface area contributed by atoms with Crippen LogP contribution in [0.25, 0.3) is 0 Å². The number of rotatable bonds is 7. The lowest BCUT2D eigenvalue weighted by Gasteiger charge is -2.16. The maximum absolute atomic E-state index is 10.3. The molecular formula is C9H17NO4. The molecule has 0 aromatic rings. The highest BCUT2D eigenvalue weighted by molar-refractivity contribution is 5.85. The lowest BCUT2D eigenvalue weighted by atomic mass is 10.1. The van der Waals surface area contributed by atoms with Crippen molar-refractivity contribution >= 4 is 5.97 Å². The van der Waals surface area contributed by atoms with Crippen molar-refractivity contribution in [2.45, 2.75) is 25.9 Å². The molecule has 5 nitrogen and oxygen atoms in total. The molecule has 0 amide bonds. The van der Waals surface area contributed by atoms with Crippen LogP contribution >= 0.6 is 0 Å². The summed E-state index contributed by atoms with van der Waals surface area (Å²) in [5, 5.41) is 27.8. The average Bonchev–Trinajstić information content (AvgIpc) is 2.13. The van der Waals surface area contributed by atoms with Crippen molar-refractivity contribution in [2.75, 3.05) is 13.1 Å². The van der Waals surface area contributed by atoms with Gasteiger partial charge in [-0.3, -0.25) is 0 Å². The molecule has 0 saturated heterocycles. The number of carboxylic acid groups (broad SMARTS) is 1. The predicted molar refractivity (Wildman–Crippen MR) is 51.1 cm³/mol. The zero-order chi connectivity index (χ0) is 11.1. The van der Waals surface area contributed by atoms with Crippen molar-refractivity contribution < 1.29 is 20.2 Å². The molecule has 0 aromatic carbocycles. The first kappa shape index (κ1) is 13.1. The summed E-state index contributed by atoms with van der Waals surface area (Å²) in [6.07, 6.45) is -0.202. The van der Waals surface area contributed by atoms with Gasteiger partial charge in [-0.2, -0.15) is 5.06 Å². The largest absolute Gasteiger partial charge is 0.478 e. The number of likely N-dealkylation sites (N-methyl/N-ethyl adjacent to an activating group) is 1. The fourth-order valence-electron chi connectivity index (χ4n) is 0.911. The van der Waals surface area contributed by atoms with Crippen LogP contribution in [-0.4, -0.2) is 45.6 Å². The van der Waals surface area contributed by atoms with Gasteiger partial charge in [-0.25, -0.2) is 4.79 Å². The second kappa shape index (κ2) is 6.53. The van der Waals surface area contributed by atoms with E-state index in [9.17, 15) is 9.90 Å². The van der Waals surface area contributed by atoms with Crippen molar-refractivity contribution in [2.24, 2.45) is 0 Å². The topological polar surface area (TPSA) is 81.0 Å². The minimum Gasteiger partial charge on any atom is -0.478 e. The normalized spacial score (nSPS) is 12.9. The van der Waals surface area contributed by atoms with E-state index < -0.39 is 12.1 Å². The van der Waals surface area contributed by atoms with Crippen LogP contribution in [0, 0.1) is 0 Å². The van der Waals surface area contributed by atoms with Crippen molar-refractivity contribution in [1.29, 1.82) is 0 Å². The highest BCUT2D eigenvalue weighted by Crippen LogP contribution is 2.06. The monoisotopic (exact) mass is 203 g/mol. The van der Waals surface area contributed by atoms with Crippen LogP contribution in [0.5, 0.6) is 0 Å². The summed E-state index contributed by atoms with van der Waals surface area (Å²) in [6.45, 7) is 5.65. The Kier molecular flexibility index (Phi) is 6.11. The van der Waals surface area contributed by atoms with Gasteiger partial charge in [-0.1, -0.05) is 13.5 Å². The van der Waals surface area contributed by atoms with Gasteiger partial charge in [0.25, 0.3) is 0 Å². The number of carbonyl (C=O) groups is 1. The molecule has 0 aromatic heterocycles. The SMILES string of the molecule is C=C(CCC(O)CN(O)CC)C(=O)O. The molecule has 3 N–H and O–H groups in total. The Balaban J connectivity index is 3.68. The molecule has 5 heteroatoms. The first-order valence-corrected chi connectivity index (χ1v) is 4.50. The summed E-state index contributed by atoms with van der Waals surface area (Å²) in [6, 6.07) is 0. The number of carboxylic acids is 1. The maximum atomic E-state index is 10.3. The Morgan fingerprint density at radius 1 is 1.57 bits per heavy atom. The van der Waals surface area contributed by atoms with Gasteiger partial charge in [-0.15, -0.1) is 0 Å². The summed E-state index contributed by atoms with van der Waals surface area (Å²) in [4.78, 5) is 10.3. The van der Waals surface area contributed by atoms with Crippen LogP contribution in [0.1, 0.15) is 19.8 Å². The summed E-state index contributed by atoms with van der Waals surface area (Å²) in [5.74, 6) is -1.05. The zero-order valence-electron chi connectivity index (χ0n) is 8.31. The molecule has 1 atom stereocenters. The number of hydrogen-bond donors (Lipinski definition) is 3. The summed E-state index contributed by atoms with van der Waals surface area (Å²) >= 11 is 0. The van der Waals surface area contributed by atoms with E-state index in [1.165, 1.54) is 0 Å². The van der Waals surface area contributed by atoms with Crippen LogP contribution < -0.4 is 0 Å². The molecule has 82 valence electrons. The maximum Gasteiger partial charge on any atom is 0.330 e. The molecule has 0 aliphatic rings. The van der Waals surface area contributed by atoms with E-state index in [0.717, 1.165) is 5.06 Å². The van der Waals surface area contributed by atoms with Crippen LogP contribution in [0.2, 0.25) is 0 Å². The van der Waals surface area contributed by atoms with E-state index in [0.29, 0.717) is 13.0 Å². The average molecular weight is 203 g/mol. The quantitative estimate of drug-likeness (QED) is 0.414. The van der Waals surface area contributed by atoms with E-state index in [-0.39, 0.29) is 18.5 Å². The molecule has 14 heavy (non-hydrogen) atoms. The van der Waals surface area contributed by atoms with Crippen molar-refractivity contribution in [3.63, 3.8) is 0 Å². The minimum absolute atomic E-state index is 0.0741. The second-order valence-corrected chi connectivity index (χ2v) is 3.11. The van der Waals surface area contributed by atoms with Crippen LogP contribution in [0.4, 0.5) is 0 Å². The number of nitrogens with zero attached hydrogens (tertiary/aromatic N) is 1. The van der Waals surface area contributed by atoms with Crippen LogP contribution in [0.3, 0.4) is 0 Å². The molecule has 0 heterocycles. The molecular weight excluding hydrogens is 186 g/mol. The number of hydrogen-bond acceptors (Lipinski definition) is 4. The third-order valence-electron chi connectivity index (χ3n) is 1.87.